The van der Waals surface area contributed by atoms with Crippen molar-refractivity contribution in [2.24, 2.45) is 4.99 Å². The molecule has 1 aromatic rings. The van der Waals surface area contributed by atoms with Crippen molar-refractivity contribution < 1.29 is 14.3 Å². The Hall–Kier alpha value is -1.19. The molecule has 84 valence electrons. The first-order valence-corrected chi connectivity index (χ1v) is 5.58. The van der Waals surface area contributed by atoms with Crippen LogP contribution >= 0.6 is 15.9 Å². The molecule has 0 unspecified atom stereocenters. The summed E-state index contributed by atoms with van der Waals surface area (Å²) in [5, 5.41) is 9.57. The van der Waals surface area contributed by atoms with E-state index in [4.69, 9.17) is 0 Å². The largest absolute Gasteiger partial charge is 0.504 e. The molecular weight excluding hydrogens is 277 g/mol. The predicted molar refractivity (Wildman–Crippen MR) is 59.5 cm³/mol. The van der Waals surface area contributed by atoms with Gasteiger partial charge in [-0.25, -0.2) is 9.18 Å². The highest BCUT2D eigenvalue weighted by Crippen LogP contribution is 2.52. The highest BCUT2D eigenvalue weighted by molar-refractivity contribution is 9.10. The van der Waals surface area contributed by atoms with Gasteiger partial charge in [-0.05, 0) is 47.3 Å². The minimum Gasteiger partial charge on any atom is -0.504 e. The molecule has 1 aliphatic rings. The SMILES string of the molecule is Cc1cc(C2(N=C=O)CC2)c(F)c(O)c1Br. The zero-order valence-electron chi connectivity index (χ0n) is 8.55. The first-order chi connectivity index (χ1) is 7.52. The zero-order valence-corrected chi connectivity index (χ0v) is 10.1. The zero-order chi connectivity index (χ0) is 11.9. The Morgan fingerprint density at radius 3 is 2.75 bits per heavy atom. The van der Waals surface area contributed by atoms with Crippen molar-refractivity contribution in [1.82, 2.24) is 0 Å². The van der Waals surface area contributed by atoms with Gasteiger partial charge in [-0.15, -0.1) is 0 Å². The predicted octanol–water partition coefficient (Wildman–Crippen LogP) is 2.93. The van der Waals surface area contributed by atoms with Crippen LogP contribution in [0.5, 0.6) is 5.75 Å². The number of hydrogen-bond acceptors (Lipinski definition) is 3. The van der Waals surface area contributed by atoms with E-state index in [2.05, 4.69) is 20.9 Å². The van der Waals surface area contributed by atoms with E-state index in [1.165, 1.54) is 6.08 Å². The van der Waals surface area contributed by atoms with Crippen LogP contribution in [-0.4, -0.2) is 11.2 Å². The highest BCUT2D eigenvalue weighted by Gasteiger charge is 2.47. The lowest BCUT2D eigenvalue weighted by atomic mass is 10.0. The van der Waals surface area contributed by atoms with Crippen molar-refractivity contribution in [1.29, 1.82) is 0 Å². The van der Waals surface area contributed by atoms with Gasteiger partial charge in [0.25, 0.3) is 0 Å². The summed E-state index contributed by atoms with van der Waals surface area (Å²) in [6.07, 6.45) is 2.69. The molecule has 16 heavy (non-hydrogen) atoms. The smallest absolute Gasteiger partial charge is 0.235 e. The quantitative estimate of drug-likeness (QED) is 0.671. The molecular formula is C11H9BrFNO2. The van der Waals surface area contributed by atoms with Crippen molar-refractivity contribution in [3.63, 3.8) is 0 Å². The third-order valence-corrected chi connectivity index (χ3v) is 3.84. The number of nitrogens with zero attached hydrogens (tertiary/aromatic N) is 1. The standard InChI is InChI=1S/C11H9BrFNO2/c1-6-4-7(9(13)10(16)8(6)12)11(2-3-11)14-5-15/h4,16H,2-3H2,1H3. The van der Waals surface area contributed by atoms with Gasteiger partial charge in [-0.3, -0.25) is 0 Å². The Morgan fingerprint density at radius 1 is 1.62 bits per heavy atom. The molecule has 0 saturated heterocycles. The Balaban J connectivity index is 2.63. The number of rotatable bonds is 2. The van der Waals surface area contributed by atoms with Gasteiger partial charge >= 0.3 is 0 Å². The van der Waals surface area contributed by atoms with Gasteiger partial charge in [-0.1, -0.05) is 0 Å². The molecule has 1 fully saturated rings. The van der Waals surface area contributed by atoms with Crippen molar-refractivity contribution in [2.45, 2.75) is 25.3 Å². The summed E-state index contributed by atoms with van der Waals surface area (Å²) in [6, 6.07) is 1.60. The van der Waals surface area contributed by atoms with Crippen molar-refractivity contribution in [3.05, 3.63) is 27.5 Å². The van der Waals surface area contributed by atoms with Crippen LogP contribution < -0.4 is 0 Å². The Labute approximate surface area is 100 Å². The molecule has 1 aromatic carbocycles. The van der Waals surface area contributed by atoms with E-state index in [1.54, 1.807) is 13.0 Å². The summed E-state index contributed by atoms with van der Waals surface area (Å²) in [6.45, 7) is 1.74. The minimum atomic E-state index is -0.797. The maximum atomic E-state index is 13.8. The van der Waals surface area contributed by atoms with Gasteiger partial charge in [-0.2, -0.15) is 4.99 Å². The van der Waals surface area contributed by atoms with Crippen LogP contribution in [0.3, 0.4) is 0 Å². The molecule has 1 aliphatic carbocycles. The fourth-order valence-electron chi connectivity index (χ4n) is 1.74. The third kappa shape index (κ3) is 1.56. The summed E-state index contributed by atoms with van der Waals surface area (Å²) in [4.78, 5) is 13.9. The Kier molecular flexibility index (Phi) is 2.60. The second-order valence-corrected chi connectivity index (χ2v) is 4.75. The number of isocyanates is 1. The van der Waals surface area contributed by atoms with E-state index in [0.29, 0.717) is 22.9 Å². The van der Waals surface area contributed by atoms with Gasteiger partial charge in [0.2, 0.25) is 6.08 Å². The molecule has 3 nitrogen and oxygen atoms in total. The number of halogens is 2. The molecule has 1 saturated carbocycles. The maximum absolute atomic E-state index is 13.8. The minimum absolute atomic E-state index is 0.272. The lowest BCUT2D eigenvalue weighted by Gasteiger charge is -2.13. The number of phenolic OH excluding ortho intramolecular Hbond substituents is 1. The number of aliphatic imine (C=N–C) groups is 1. The van der Waals surface area contributed by atoms with Crippen LogP contribution in [0.25, 0.3) is 0 Å². The average Bonchev–Trinajstić information content (AvgIpc) is 3.02. The second-order valence-electron chi connectivity index (χ2n) is 3.95. The third-order valence-electron chi connectivity index (χ3n) is 2.84. The fourth-order valence-corrected chi connectivity index (χ4v) is 2.03. The van der Waals surface area contributed by atoms with Gasteiger partial charge in [0, 0.05) is 5.56 Å². The van der Waals surface area contributed by atoms with E-state index in [1.807, 2.05) is 0 Å². The topological polar surface area (TPSA) is 49.7 Å². The summed E-state index contributed by atoms with van der Waals surface area (Å²) in [7, 11) is 0. The number of aryl methyl sites for hydroxylation is 1. The monoisotopic (exact) mass is 285 g/mol. The van der Waals surface area contributed by atoms with Crippen LogP contribution in [0.4, 0.5) is 4.39 Å². The highest BCUT2D eigenvalue weighted by atomic mass is 79.9. The molecule has 0 aliphatic heterocycles. The summed E-state index contributed by atoms with van der Waals surface area (Å²) < 4.78 is 14.2. The van der Waals surface area contributed by atoms with Gasteiger partial charge in [0.15, 0.2) is 11.6 Å². The number of carbonyl (C=O) groups excluding carboxylic acids is 1. The van der Waals surface area contributed by atoms with Crippen molar-refractivity contribution in [2.75, 3.05) is 0 Å². The molecule has 1 N–H and O–H groups in total. The molecule has 0 spiro atoms. The average molecular weight is 286 g/mol. The van der Waals surface area contributed by atoms with Crippen molar-refractivity contribution in [3.8, 4) is 5.75 Å². The Bertz CT molecular complexity index is 505. The van der Waals surface area contributed by atoms with Crippen LogP contribution in [0, 0.1) is 12.7 Å². The molecule has 0 heterocycles. The molecule has 0 amide bonds. The number of hydrogen-bond donors (Lipinski definition) is 1. The first-order valence-electron chi connectivity index (χ1n) is 4.79. The molecule has 0 radical (unpaired) electrons. The van der Waals surface area contributed by atoms with Gasteiger partial charge in [0.05, 0.1) is 4.47 Å². The Morgan fingerprint density at radius 2 is 2.25 bits per heavy atom. The van der Waals surface area contributed by atoms with Gasteiger partial charge < -0.3 is 5.11 Å². The van der Waals surface area contributed by atoms with Crippen LogP contribution in [0.15, 0.2) is 15.5 Å². The molecule has 0 bridgehead atoms. The second kappa shape index (κ2) is 3.68. The van der Waals surface area contributed by atoms with E-state index >= 15 is 0 Å². The lowest BCUT2D eigenvalue weighted by Crippen LogP contribution is -2.06. The molecule has 2 rings (SSSR count). The van der Waals surface area contributed by atoms with Crippen molar-refractivity contribution >= 4 is 22.0 Å². The van der Waals surface area contributed by atoms with Crippen LogP contribution in [0.1, 0.15) is 24.0 Å². The van der Waals surface area contributed by atoms with Gasteiger partial charge in [0.1, 0.15) is 5.54 Å². The van der Waals surface area contributed by atoms with Crippen LogP contribution in [-0.2, 0) is 10.3 Å². The number of aromatic hydroxyl groups is 1. The van der Waals surface area contributed by atoms with E-state index < -0.39 is 17.1 Å². The summed E-state index contributed by atoms with van der Waals surface area (Å²) >= 11 is 3.09. The van der Waals surface area contributed by atoms with E-state index in [9.17, 15) is 14.3 Å². The molecule has 0 aromatic heterocycles. The summed E-state index contributed by atoms with van der Waals surface area (Å²) in [5.74, 6) is -1.14. The lowest BCUT2D eigenvalue weighted by molar-refractivity contribution is 0.420. The van der Waals surface area contributed by atoms with E-state index in [-0.39, 0.29) is 5.56 Å². The number of phenols is 1. The summed E-state index contributed by atoms with van der Waals surface area (Å²) in [5.41, 5.74) is 0.185. The van der Waals surface area contributed by atoms with Crippen LogP contribution in [0.2, 0.25) is 0 Å². The maximum Gasteiger partial charge on any atom is 0.235 e. The molecule has 0 atom stereocenters. The van der Waals surface area contributed by atoms with E-state index in [0.717, 1.165) is 0 Å². The normalized spacial score (nSPS) is 16.7. The number of benzene rings is 1. The molecule has 5 heteroatoms. The first kappa shape index (κ1) is 11.3. The fraction of sp³-hybridized carbons (Fsp3) is 0.364.